The Morgan fingerprint density at radius 3 is 2.62 bits per heavy atom. The van der Waals surface area contributed by atoms with Crippen molar-refractivity contribution in [2.45, 2.75) is 13.8 Å². The molecule has 0 aliphatic carbocycles. The number of rotatable bonds is 4. The number of benzene rings is 2. The molecule has 2 aromatic rings. The highest BCUT2D eigenvalue weighted by Crippen LogP contribution is 2.25. The van der Waals surface area contributed by atoms with Gasteiger partial charge in [-0.3, -0.25) is 19.7 Å². The lowest BCUT2D eigenvalue weighted by molar-refractivity contribution is -0.385. The van der Waals surface area contributed by atoms with Crippen LogP contribution in [-0.4, -0.2) is 28.1 Å². The fourth-order valence-corrected chi connectivity index (χ4v) is 2.05. The molecule has 0 saturated heterocycles. The van der Waals surface area contributed by atoms with Crippen LogP contribution in [0, 0.1) is 24.0 Å². The topological polar surface area (TPSA) is 134 Å². The average Bonchev–Trinajstić information content (AvgIpc) is 2.60. The van der Waals surface area contributed by atoms with E-state index in [1.807, 2.05) is 25.3 Å². The van der Waals surface area contributed by atoms with Crippen molar-refractivity contribution in [1.29, 1.82) is 0 Å². The quantitative estimate of drug-likeness (QED) is 0.333. The number of hydrogen-bond donors (Lipinski definition) is 3. The highest BCUT2D eigenvalue weighted by molar-refractivity contribution is 6.39. The van der Waals surface area contributed by atoms with E-state index in [1.54, 1.807) is 12.1 Å². The number of nitro benzene ring substituents is 1. The third-order valence-electron chi connectivity index (χ3n) is 3.63. The van der Waals surface area contributed by atoms with Gasteiger partial charge in [0.25, 0.3) is 0 Å². The Labute approximate surface area is 148 Å². The SMILES string of the molecule is Cc1cccc(NC(=O)C(=O)N/N=C/c2ccc(O)c([N+](=O)[O-])c2)c1C. The molecule has 2 rings (SSSR count). The lowest BCUT2D eigenvalue weighted by atomic mass is 10.1. The predicted molar refractivity (Wildman–Crippen MR) is 95.0 cm³/mol. The normalized spacial score (nSPS) is 10.5. The van der Waals surface area contributed by atoms with Crippen molar-refractivity contribution in [3.05, 3.63) is 63.2 Å². The van der Waals surface area contributed by atoms with E-state index in [-0.39, 0.29) is 5.56 Å². The summed E-state index contributed by atoms with van der Waals surface area (Å²) in [6.45, 7) is 3.70. The van der Waals surface area contributed by atoms with Crippen LogP contribution in [0.2, 0.25) is 0 Å². The molecule has 26 heavy (non-hydrogen) atoms. The second-order valence-electron chi connectivity index (χ2n) is 5.41. The van der Waals surface area contributed by atoms with Crippen LogP contribution < -0.4 is 10.7 Å². The summed E-state index contributed by atoms with van der Waals surface area (Å²) in [6.07, 6.45) is 1.12. The van der Waals surface area contributed by atoms with Gasteiger partial charge in [0.05, 0.1) is 11.1 Å². The van der Waals surface area contributed by atoms with E-state index in [2.05, 4.69) is 10.4 Å². The zero-order chi connectivity index (χ0) is 19.3. The number of hydrazone groups is 1. The summed E-state index contributed by atoms with van der Waals surface area (Å²) in [5, 5.41) is 26.2. The van der Waals surface area contributed by atoms with Crippen LogP contribution in [0.4, 0.5) is 11.4 Å². The molecule has 2 amide bonds. The second-order valence-corrected chi connectivity index (χ2v) is 5.41. The van der Waals surface area contributed by atoms with Crippen molar-refractivity contribution in [2.75, 3.05) is 5.32 Å². The smallest absolute Gasteiger partial charge is 0.329 e. The van der Waals surface area contributed by atoms with Crippen LogP contribution in [0.5, 0.6) is 5.75 Å². The number of carbonyl (C=O) groups excluding carboxylic acids is 2. The summed E-state index contributed by atoms with van der Waals surface area (Å²) in [6, 6.07) is 8.90. The molecule has 0 unspecified atom stereocenters. The van der Waals surface area contributed by atoms with E-state index < -0.39 is 28.2 Å². The first-order valence-corrected chi connectivity index (χ1v) is 7.47. The number of nitrogens with one attached hydrogen (secondary N) is 2. The molecule has 9 heteroatoms. The fourth-order valence-electron chi connectivity index (χ4n) is 2.05. The summed E-state index contributed by atoms with van der Waals surface area (Å²) < 4.78 is 0. The molecular formula is C17H16N4O5. The van der Waals surface area contributed by atoms with E-state index in [0.717, 1.165) is 29.5 Å². The number of carbonyl (C=O) groups is 2. The molecule has 0 radical (unpaired) electrons. The number of nitrogens with zero attached hydrogens (tertiary/aromatic N) is 2. The fraction of sp³-hybridized carbons (Fsp3) is 0.118. The minimum Gasteiger partial charge on any atom is -0.502 e. The van der Waals surface area contributed by atoms with Crippen LogP contribution in [0.15, 0.2) is 41.5 Å². The maximum absolute atomic E-state index is 11.9. The maximum Gasteiger partial charge on any atom is 0.329 e. The lowest BCUT2D eigenvalue weighted by Crippen LogP contribution is -2.32. The number of amides is 2. The van der Waals surface area contributed by atoms with Gasteiger partial charge in [0.1, 0.15) is 0 Å². The highest BCUT2D eigenvalue weighted by atomic mass is 16.6. The summed E-state index contributed by atoms with van der Waals surface area (Å²) in [5.41, 5.74) is 4.14. The molecular weight excluding hydrogens is 340 g/mol. The van der Waals surface area contributed by atoms with Crippen LogP contribution in [0.25, 0.3) is 0 Å². The lowest BCUT2D eigenvalue weighted by Gasteiger charge is -2.09. The van der Waals surface area contributed by atoms with Crippen molar-refractivity contribution in [2.24, 2.45) is 5.10 Å². The standard InChI is InChI=1S/C17H16N4O5/c1-10-4-3-5-13(11(10)2)19-16(23)17(24)20-18-9-12-6-7-15(22)14(8-12)21(25)26/h3-9,22H,1-2H3,(H,19,23)(H,20,24)/b18-9+. The van der Waals surface area contributed by atoms with Crippen LogP contribution in [0.1, 0.15) is 16.7 Å². The molecule has 0 atom stereocenters. The van der Waals surface area contributed by atoms with Crippen molar-refractivity contribution >= 4 is 29.4 Å². The number of hydrogen-bond acceptors (Lipinski definition) is 6. The molecule has 0 heterocycles. The number of aryl methyl sites for hydroxylation is 1. The van der Waals surface area contributed by atoms with E-state index in [0.29, 0.717) is 5.69 Å². The van der Waals surface area contributed by atoms with Gasteiger partial charge in [-0.15, -0.1) is 0 Å². The van der Waals surface area contributed by atoms with Crippen LogP contribution in [-0.2, 0) is 9.59 Å². The van der Waals surface area contributed by atoms with Crippen LogP contribution >= 0.6 is 0 Å². The number of phenolic OH excluding ortho intramolecular Hbond substituents is 1. The number of anilines is 1. The Morgan fingerprint density at radius 1 is 1.19 bits per heavy atom. The summed E-state index contributed by atoms with van der Waals surface area (Å²) in [5.74, 6) is -2.37. The Balaban J connectivity index is 2.00. The summed E-state index contributed by atoms with van der Waals surface area (Å²) in [7, 11) is 0. The monoisotopic (exact) mass is 356 g/mol. The van der Waals surface area contributed by atoms with Gasteiger partial charge < -0.3 is 10.4 Å². The minimum atomic E-state index is -0.990. The Bertz CT molecular complexity index is 908. The zero-order valence-electron chi connectivity index (χ0n) is 14.0. The molecule has 0 fully saturated rings. The van der Waals surface area contributed by atoms with Crippen molar-refractivity contribution in [1.82, 2.24) is 5.43 Å². The van der Waals surface area contributed by atoms with Crippen molar-refractivity contribution in [3.8, 4) is 5.75 Å². The maximum atomic E-state index is 11.9. The van der Waals surface area contributed by atoms with Gasteiger partial charge >= 0.3 is 17.5 Å². The first-order chi connectivity index (χ1) is 12.3. The highest BCUT2D eigenvalue weighted by Gasteiger charge is 2.15. The van der Waals surface area contributed by atoms with Gasteiger partial charge in [-0.25, -0.2) is 5.43 Å². The van der Waals surface area contributed by atoms with Gasteiger partial charge in [0, 0.05) is 17.3 Å². The zero-order valence-corrected chi connectivity index (χ0v) is 14.0. The van der Waals surface area contributed by atoms with Gasteiger partial charge in [-0.1, -0.05) is 12.1 Å². The molecule has 3 N–H and O–H groups in total. The van der Waals surface area contributed by atoms with E-state index >= 15 is 0 Å². The van der Waals surface area contributed by atoms with Gasteiger partial charge in [0.2, 0.25) is 0 Å². The number of aromatic hydroxyl groups is 1. The Kier molecular flexibility index (Phi) is 5.63. The Hall–Kier alpha value is -3.75. The summed E-state index contributed by atoms with van der Waals surface area (Å²) >= 11 is 0. The van der Waals surface area contributed by atoms with E-state index in [9.17, 15) is 24.8 Å². The third-order valence-corrected chi connectivity index (χ3v) is 3.63. The molecule has 0 aromatic heterocycles. The second kappa shape index (κ2) is 7.88. The molecule has 134 valence electrons. The molecule has 0 aliphatic rings. The molecule has 0 aliphatic heterocycles. The van der Waals surface area contributed by atoms with Gasteiger partial charge in [-0.05, 0) is 43.2 Å². The van der Waals surface area contributed by atoms with Crippen molar-refractivity contribution < 1.29 is 19.6 Å². The number of nitro groups is 1. The third kappa shape index (κ3) is 4.41. The van der Waals surface area contributed by atoms with E-state index in [4.69, 9.17) is 0 Å². The first-order valence-electron chi connectivity index (χ1n) is 7.47. The minimum absolute atomic E-state index is 0.268. The molecule has 0 saturated carbocycles. The molecule has 0 bridgehead atoms. The predicted octanol–water partition coefficient (Wildman–Crippen LogP) is 2.01. The largest absolute Gasteiger partial charge is 0.502 e. The molecule has 2 aromatic carbocycles. The van der Waals surface area contributed by atoms with Gasteiger partial charge in [0.15, 0.2) is 5.75 Å². The van der Waals surface area contributed by atoms with Crippen molar-refractivity contribution in [3.63, 3.8) is 0 Å². The van der Waals surface area contributed by atoms with Crippen LogP contribution in [0.3, 0.4) is 0 Å². The summed E-state index contributed by atoms with van der Waals surface area (Å²) in [4.78, 5) is 33.7. The average molecular weight is 356 g/mol. The molecule has 9 nitrogen and oxygen atoms in total. The van der Waals surface area contributed by atoms with E-state index in [1.165, 1.54) is 6.07 Å². The van der Waals surface area contributed by atoms with Gasteiger partial charge in [-0.2, -0.15) is 5.10 Å². The Morgan fingerprint density at radius 2 is 1.92 bits per heavy atom. The number of phenols is 1. The molecule has 0 spiro atoms. The first kappa shape index (κ1) is 18.6.